The number of aryl methyl sites for hydroxylation is 2. The number of hydrogen-bond donors (Lipinski definition) is 0. The number of ketones is 1. The molecule has 0 saturated heterocycles. The van der Waals surface area contributed by atoms with Crippen molar-refractivity contribution in [3.63, 3.8) is 0 Å². The Balaban J connectivity index is 2.28. The van der Waals surface area contributed by atoms with Gasteiger partial charge >= 0.3 is 5.69 Å². The maximum Gasteiger partial charge on any atom is 0.328 e. The van der Waals surface area contributed by atoms with E-state index in [-0.39, 0.29) is 11.5 Å². The molecule has 5 nitrogen and oxygen atoms in total. The van der Waals surface area contributed by atoms with Gasteiger partial charge in [0.25, 0.3) is 0 Å². The number of imidazole rings is 1. The summed E-state index contributed by atoms with van der Waals surface area (Å²) in [5.41, 5.74) is 2.34. The number of rotatable bonds is 2. The van der Waals surface area contributed by atoms with Crippen LogP contribution >= 0.6 is 15.9 Å². The second-order valence-electron chi connectivity index (χ2n) is 4.56. The van der Waals surface area contributed by atoms with Gasteiger partial charge in [0.2, 0.25) is 0 Å². The van der Waals surface area contributed by atoms with Crippen LogP contribution < -0.4 is 5.69 Å². The lowest BCUT2D eigenvalue weighted by Gasteiger charge is -2.04. The molecule has 0 amide bonds. The number of benzene rings is 1. The molecule has 0 aliphatic heterocycles. The third-order valence-corrected chi connectivity index (χ3v) is 4.04. The molecule has 0 radical (unpaired) electrons. The summed E-state index contributed by atoms with van der Waals surface area (Å²) in [6, 6.07) is 5.11. The van der Waals surface area contributed by atoms with Gasteiger partial charge < -0.3 is 4.42 Å². The van der Waals surface area contributed by atoms with Gasteiger partial charge in [0.05, 0.1) is 22.9 Å². The molecule has 2 aromatic heterocycles. The van der Waals surface area contributed by atoms with Gasteiger partial charge in [-0.25, -0.2) is 4.79 Å². The van der Waals surface area contributed by atoms with E-state index in [0.29, 0.717) is 21.1 Å². The van der Waals surface area contributed by atoms with Crippen LogP contribution in [-0.2, 0) is 14.1 Å². The Hall–Kier alpha value is -2.08. The van der Waals surface area contributed by atoms with E-state index in [1.165, 1.54) is 17.1 Å². The normalized spacial score (nSPS) is 11.2. The van der Waals surface area contributed by atoms with Gasteiger partial charge in [-0.1, -0.05) is 0 Å². The minimum atomic E-state index is -0.149. The van der Waals surface area contributed by atoms with Crippen molar-refractivity contribution < 1.29 is 9.21 Å². The molecule has 3 rings (SSSR count). The predicted octanol–water partition coefficient (Wildman–Crippen LogP) is 2.46. The van der Waals surface area contributed by atoms with Crippen molar-refractivity contribution in [3.8, 4) is 0 Å². The number of carbonyl (C=O) groups excluding carboxylic acids is 1. The van der Waals surface area contributed by atoms with E-state index in [1.807, 2.05) is 0 Å². The zero-order valence-electron chi connectivity index (χ0n) is 10.9. The topological polar surface area (TPSA) is 57.1 Å². The summed E-state index contributed by atoms with van der Waals surface area (Å²) in [5.74, 6) is -0.149. The first kappa shape index (κ1) is 12.9. The number of aromatic nitrogens is 2. The number of nitrogens with zero attached hydrogens (tertiary/aromatic N) is 2. The van der Waals surface area contributed by atoms with E-state index >= 15 is 0 Å². The molecule has 0 bridgehead atoms. The van der Waals surface area contributed by atoms with Crippen LogP contribution in [0.15, 0.2) is 44.4 Å². The van der Waals surface area contributed by atoms with Gasteiger partial charge in [0.1, 0.15) is 6.26 Å². The van der Waals surface area contributed by atoms with Gasteiger partial charge in [-0.05, 0) is 34.1 Å². The highest BCUT2D eigenvalue weighted by atomic mass is 79.9. The average Bonchev–Trinajstić information content (AvgIpc) is 3.03. The lowest BCUT2D eigenvalue weighted by Crippen LogP contribution is -2.19. The average molecular weight is 335 g/mol. The number of halogens is 1. The fourth-order valence-electron chi connectivity index (χ4n) is 2.24. The van der Waals surface area contributed by atoms with Crippen LogP contribution in [0, 0.1) is 0 Å². The second kappa shape index (κ2) is 4.49. The Bertz CT molecular complexity index is 872. The van der Waals surface area contributed by atoms with Gasteiger partial charge in [0, 0.05) is 24.1 Å². The van der Waals surface area contributed by atoms with E-state index in [2.05, 4.69) is 15.9 Å². The molecule has 0 spiro atoms. The van der Waals surface area contributed by atoms with Crippen molar-refractivity contribution >= 4 is 32.7 Å². The van der Waals surface area contributed by atoms with E-state index in [0.717, 1.165) is 5.52 Å². The molecule has 0 atom stereocenters. The Morgan fingerprint density at radius 3 is 2.45 bits per heavy atom. The van der Waals surface area contributed by atoms with E-state index in [9.17, 15) is 9.59 Å². The standard InChI is InChI=1S/C14H11BrN2O3/c1-16-11-5-9(13(18)8-3-4-20-7-8)10(15)6-12(11)17(2)14(16)19/h3-7H,1-2H3. The number of fused-ring (bicyclic) bond motifs is 1. The summed E-state index contributed by atoms with van der Waals surface area (Å²) >= 11 is 3.40. The SMILES string of the molecule is Cn1c(=O)n(C)c2cc(C(=O)c3ccoc3)c(Br)cc21. The highest BCUT2D eigenvalue weighted by Gasteiger charge is 2.17. The zero-order chi connectivity index (χ0) is 14.4. The molecule has 2 heterocycles. The molecular weight excluding hydrogens is 324 g/mol. The summed E-state index contributed by atoms with van der Waals surface area (Å²) in [5, 5.41) is 0. The summed E-state index contributed by atoms with van der Waals surface area (Å²) in [4.78, 5) is 24.3. The van der Waals surface area contributed by atoms with E-state index in [1.54, 1.807) is 36.9 Å². The van der Waals surface area contributed by atoms with Crippen LogP contribution in [0.3, 0.4) is 0 Å². The van der Waals surface area contributed by atoms with Crippen molar-refractivity contribution in [3.05, 3.63) is 56.8 Å². The van der Waals surface area contributed by atoms with E-state index in [4.69, 9.17) is 4.42 Å². The van der Waals surface area contributed by atoms with Crippen LogP contribution in [-0.4, -0.2) is 14.9 Å². The molecule has 0 saturated carbocycles. The first-order chi connectivity index (χ1) is 9.50. The van der Waals surface area contributed by atoms with Crippen molar-refractivity contribution in [1.29, 1.82) is 0 Å². The minimum absolute atomic E-state index is 0.125. The molecular formula is C14H11BrN2O3. The third-order valence-electron chi connectivity index (χ3n) is 3.39. The molecule has 3 aromatic rings. The number of furan rings is 1. The van der Waals surface area contributed by atoms with Gasteiger partial charge in [-0.3, -0.25) is 13.9 Å². The van der Waals surface area contributed by atoms with Gasteiger partial charge in [-0.2, -0.15) is 0 Å². The van der Waals surface area contributed by atoms with Crippen LogP contribution in [0.2, 0.25) is 0 Å². The summed E-state index contributed by atoms with van der Waals surface area (Å²) < 4.78 is 8.66. The fourth-order valence-corrected chi connectivity index (χ4v) is 2.75. The number of carbonyl (C=O) groups is 1. The van der Waals surface area contributed by atoms with Gasteiger partial charge in [-0.15, -0.1) is 0 Å². The van der Waals surface area contributed by atoms with Crippen LogP contribution in [0.1, 0.15) is 15.9 Å². The molecule has 6 heteroatoms. The van der Waals surface area contributed by atoms with Crippen molar-refractivity contribution in [2.24, 2.45) is 14.1 Å². The maximum absolute atomic E-state index is 12.4. The first-order valence-electron chi connectivity index (χ1n) is 5.92. The van der Waals surface area contributed by atoms with E-state index < -0.39 is 0 Å². The Labute approximate surface area is 122 Å². The molecule has 102 valence electrons. The highest BCUT2D eigenvalue weighted by Crippen LogP contribution is 2.26. The van der Waals surface area contributed by atoms with Crippen LogP contribution in [0.5, 0.6) is 0 Å². The monoisotopic (exact) mass is 334 g/mol. The first-order valence-corrected chi connectivity index (χ1v) is 6.72. The summed E-state index contributed by atoms with van der Waals surface area (Å²) in [6.45, 7) is 0. The zero-order valence-corrected chi connectivity index (χ0v) is 12.5. The molecule has 0 N–H and O–H groups in total. The molecule has 0 aliphatic rings. The van der Waals surface area contributed by atoms with Gasteiger partial charge in [0.15, 0.2) is 5.78 Å². The Kier molecular flexibility index (Phi) is 2.90. The van der Waals surface area contributed by atoms with Crippen molar-refractivity contribution in [2.75, 3.05) is 0 Å². The van der Waals surface area contributed by atoms with Crippen molar-refractivity contribution in [2.45, 2.75) is 0 Å². The lowest BCUT2D eigenvalue weighted by atomic mass is 10.1. The Morgan fingerprint density at radius 2 is 1.85 bits per heavy atom. The second-order valence-corrected chi connectivity index (χ2v) is 5.42. The lowest BCUT2D eigenvalue weighted by molar-refractivity contribution is 0.103. The maximum atomic E-state index is 12.4. The highest BCUT2D eigenvalue weighted by molar-refractivity contribution is 9.10. The van der Waals surface area contributed by atoms with Crippen molar-refractivity contribution in [1.82, 2.24) is 9.13 Å². The molecule has 1 aromatic carbocycles. The minimum Gasteiger partial charge on any atom is -0.472 e. The molecule has 0 aliphatic carbocycles. The molecule has 0 fully saturated rings. The Morgan fingerprint density at radius 1 is 1.20 bits per heavy atom. The van der Waals surface area contributed by atoms with Crippen LogP contribution in [0.4, 0.5) is 0 Å². The quantitative estimate of drug-likeness (QED) is 0.676. The fraction of sp³-hybridized carbons (Fsp3) is 0.143. The predicted molar refractivity (Wildman–Crippen MR) is 78.0 cm³/mol. The summed E-state index contributed by atoms with van der Waals surface area (Å²) in [6.07, 6.45) is 2.86. The smallest absolute Gasteiger partial charge is 0.328 e. The number of hydrogen-bond acceptors (Lipinski definition) is 3. The molecule has 20 heavy (non-hydrogen) atoms. The largest absolute Gasteiger partial charge is 0.472 e. The third kappa shape index (κ3) is 1.76. The summed E-state index contributed by atoms with van der Waals surface area (Å²) in [7, 11) is 3.39. The molecule has 0 unspecified atom stereocenters. The van der Waals surface area contributed by atoms with Crippen LogP contribution in [0.25, 0.3) is 11.0 Å².